The summed E-state index contributed by atoms with van der Waals surface area (Å²) in [5.74, 6) is -2.15. The third-order valence-corrected chi connectivity index (χ3v) is 4.76. The summed E-state index contributed by atoms with van der Waals surface area (Å²) in [5, 5.41) is 1.38. The summed E-state index contributed by atoms with van der Waals surface area (Å²) in [4.78, 5) is 37.1. The van der Waals surface area contributed by atoms with Crippen molar-refractivity contribution < 1.29 is 14.4 Å². The van der Waals surface area contributed by atoms with Gasteiger partial charge in [-0.25, -0.2) is 0 Å². The van der Waals surface area contributed by atoms with Crippen LogP contribution in [0.2, 0.25) is 10.0 Å². The monoisotopic (exact) mass is 352 g/mol. The molecule has 0 spiro atoms. The number of hydrogen-bond donors (Lipinski definition) is 1. The van der Waals surface area contributed by atoms with Crippen molar-refractivity contribution in [1.82, 2.24) is 10.4 Å². The maximum absolute atomic E-state index is 12.4. The van der Waals surface area contributed by atoms with Crippen molar-refractivity contribution in [1.29, 1.82) is 0 Å². The Morgan fingerprint density at radius 2 is 1.91 bits per heavy atom. The van der Waals surface area contributed by atoms with E-state index in [4.69, 9.17) is 23.2 Å². The molecular formula is C16H14Cl2N2O3. The molecule has 3 rings (SSSR count). The van der Waals surface area contributed by atoms with Gasteiger partial charge in [-0.2, -0.15) is 5.01 Å². The molecule has 0 aromatic heterocycles. The van der Waals surface area contributed by atoms with Gasteiger partial charge in [0.2, 0.25) is 0 Å². The predicted molar refractivity (Wildman–Crippen MR) is 85.8 cm³/mol. The van der Waals surface area contributed by atoms with Crippen molar-refractivity contribution >= 4 is 40.9 Å². The maximum Gasteiger partial charge on any atom is 0.271 e. The Labute approximate surface area is 143 Å². The molecule has 1 N–H and O–H groups in total. The number of amides is 3. The highest BCUT2D eigenvalue weighted by molar-refractivity contribution is 6.36. The molecule has 0 radical (unpaired) electrons. The van der Waals surface area contributed by atoms with E-state index in [2.05, 4.69) is 5.43 Å². The molecule has 1 saturated heterocycles. The molecule has 0 bridgehead atoms. The Hall–Kier alpha value is -1.85. The van der Waals surface area contributed by atoms with Gasteiger partial charge >= 0.3 is 0 Å². The number of carbonyl (C=O) groups excluding carboxylic acids is 3. The van der Waals surface area contributed by atoms with Crippen LogP contribution in [0.3, 0.4) is 0 Å². The van der Waals surface area contributed by atoms with Crippen LogP contribution in [0, 0.1) is 11.8 Å². The highest BCUT2D eigenvalue weighted by Gasteiger charge is 2.49. The molecule has 23 heavy (non-hydrogen) atoms. The lowest BCUT2D eigenvalue weighted by Crippen LogP contribution is -2.46. The molecule has 3 amide bonds. The number of rotatable bonds is 2. The Morgan fingerprint density at radius 1 is 1.22 bits per heavy atom. The van der Waals surface area contributed by atoms with E-state index in [1.807, 2.05) is 13.0 Å². The quantitative estimate of drug-likeness (QED) is 0.657. The van der Waals surface area contributed by atoms with E-state index in [9.17, 15) is 14.4 Å². The molecule has 1 aromatic carbocycles. The summed E-state index contributed by atoms with van der Waals surface area (Å²) in [6, 6.07) is 4.39. The number of carbonyl (C=O) groups is 3. The minimum atomic E-state index is -0.614. The first-order valence-corrected chi connectivity index (χ1v) is 7.93. The predicted octanol–water partition coefficient (Wildman–Crippen LogP) is 2.98. The molecule has 1 aliphatic heterocycles. The van der Waals surface area contributed by atoms with Crippen LogP contribution in [0.25, 0.3) is 0 Å². The number of allylic oxidation sites excluding steroid dienone is 2. The topological polar surface area (TPSA) is 66.5 Å². The van der Waals surface area contributed by atoms with Crippen LogP contribution in [0.5, 0.6) is 0 Å². The van der Waals surface area contributed by atoms with Gasteiger partial charge in [0, 0.05) is 5.02 Å². The number of hydrazine groups is 1. The zero-order valence-electron chi connectivity index (χ0n) is 12.3. The van der Waals surface area contributed by atoms with Crippen molar-refractivity contribution in [3.8, 4) is 0 Å². The van der Waals surface area contributed by atoms with E-state index >= 15 is 0 Å². The van der Waals surface area contributed by atoms with Crippen molar-refractivity contribution in [3.05, 3.63) is 45.5 Å². The van der Waals surface area contributed by atoms with Gasteiger partial charge < -0.3 is 0 Å². The van der Waals surface area contributed by atoms with Crippen LogP contribution in [-0.2, 0) is 9.59 Å². The van der Waals surface area contributed by atoms with E-state index in [0.717, 1.165) is 10.6 Å². The standard InChI is InChI=1S/C16H14Cl2N2O3/c1-8-2-4-10-12(6-8)16(23)20(15(10)22)19-14(21)11-5-3-9(17)7-13(11)18/h2-3,5,7,10,12H,4,6H2,1H3,(H,19,21)/t10-,12+/m1/s1. The van der Waals surface area contributed by atoms with Crippen molar-refractivity contribution in [2.45, 2.75) is 19.8 Å². The summed E-state index contributed by atoms with van der Waals surface area (Å²) in [7, 11) is 0. The Balaban J connectivity index is 1.79. The van der Waals surface area contributed by atoms with Crippen LogP contribution in [0.1, 0.15) is 30.1 Å². The summed E-state index contributed by atoms with van der Waals surface area (Å²) in [6.45, 7) is 1.93. The van der Waals surface area contributed by atoms with Crippen molar-refractivity contribution in [2.75, 3.05) is 0 Å². The fraction of sp³-hybridized carbons (Fsp3) is 0.312. The molecule has 7 heteroatoms. The summed E-state index contributed by atoms with van der Waals surface area (Å²) in [5.41, 5.74) is 3.61. The van der Waals surface area contributed by atoms with Gasteiger partial charge in [0.15, 0.2) is 0 Å². The Morgan fingerprint density at radius 3 is 2.61 bits per heavy atom. The highest BCUT2D eigenvalue weighted by atomic mass is 35.5. The van der Waals surface area contributed by atoms with Gasteiger partial charge in [-0.3, -0.25) is 19.8 Å². The van der Waals surface area contributed by atoms with Crippen LogP contribution >= 0.6 is 23.2 Å². The molecule has 1 aromatic rings. The number of nitrogens with one attached hydrogen (secondary N) is 1. The fourth-order valence-corrected chi connectivity index (χ4v) is 3.48. The zero-order valence-corrected chi connectivity index (χ0v) is 13.8. The normalized spacial score (nSPS) is 23.6. The van der Waals surface area contributed by atoms with Gasteiger partial charge in [-0.1, -0.05) is 34.9 Å². The second-order valence-corrected chi connectivity index (χ2v) is 6.62. The van der Waals surface area contributed by atoms with E-state index < -0.39 is 17.7 Å². The SMILES string of the molecule is CC1=CC[C@H]2C(=O)N(NC(=O)c3ccc(Cl)cc3Cl)C(=O)[C@H]2C1. The van der Waals surface area contributed by atoms with Gasteiger partial charge in [0.25, 0.3) is 17.7 Å². The van der Waals surface area contributed by atoms with Gasteiger partial charge in [-0.15, -0.1) is 0 Å². The second kappa shape index (κ2) is 5.98. The highest BCUT2D eigenvalue weighted by Crippen LogP contribution is 2.37. The maximum atomic E-state index is 12.4. The first kappa shape index (κ1) is 16.0. The van der Waals surface area contributed by atoms with Gasteiger partial charge in [0.1, 0.15) is 0 Å². The summed E-state index contributed by atoms with van der Waals surface area (Å²) in [6.07, 6.45) is 3.03. The van der Waals surface area contributed by atoms with Crippen molar-refractivity contribution in [3.63, 3.8) is 0 Å². The number of nitrogens with zero attached hydrogens (tertiary/aromatic N) is 1. The molecule has 1 fully saturated rings. The molecular weight excluding hydrogens is 339 g/mol. The summed E-state index contributed by atoms with van der Waals surface area (Å²) < 4.78 is 0. The molecule has 1 aliphatic carbocycles. The van der Waals surface area contributed by atoms with E-state index in [1.165, 1.54) is 18.2 Å². The van der Waals surface area contributed by atoms with Crippen LogP contribution < -0.4 is 5.43 Å². The lowest BCUT2D eigenvalue weighted by atomic mass is 9.82. The van der Waals surface area contributed by atoms with Crippen LogP contribution in [-0.4, -0.2) is 22.7 Å². The van der Waals surface area contributed by atoms with E-state index in [0.29, 0.717) is 17.9 Å². The number of hydrogen-bond acceptors (Lipinski definition) is 3. The molecule has 1 heterocycles. The van der Waals surface area contributed by atoms with Crippen molar-refractivity contribution in [2.24, 2.45) is 11.8 Å². The van der Waals surface area contributed by atoms with Crippen LogP contribution in [0.4, 0.5) is 0 Å². The zero-order chi connectivity index (χ0) is 16.7. The average molecular weight is 353 g/mol. The molecule has 2 aliphatic rings. The lowest BCUT2D eigenvalue weighted by Gasteiger charge is -2.18. The molecule has 5 nitrogen and oxygen atoms in total. The molecule has 120 valence electrons. The molecule has 0 unspecified atom stereocenters. The van der Waals surface area contributed by atoms with Gasteiger partial charge in [0.05, 0.1) is 22.4 Å². The van der Waals surface area contributed by atoms with Gasteiger partial charge in [-0.05, 0) is 38.0 Å². The number of fused-ring (bicyclic) bond motifs is 1. The Kier molecular flexibility index (Phi) is 4.17. The smallest absolute Gasteiger partial charge is 0.271 e. The van der Waals surface area contributed by atoms with Crippen LogP contribution in [0.15, 0.2) is 29.8 Å². The third kappa shape index (κ3) is 2.86. The number of halogens is 2. The molecule has 2 atom stereocenters. The minimum absolute atomic E-state index is 0.154. The summed E-state index contributed by atoms with van der Waals surface area (Å²) >= 11 is 11.8. The molecule has 0 saturated carbocycles. The lowest BCUT2D eigenvalue weighted by molar-refractivity contribution is -0.142. The fourth-order valence-electron chi connectivity index (χ4n) is 2.98. The average Bonchev–Trinajstić information content (AvgIpc) is 2.72. The largest absolute Gasteiger partial charge is 0.272 e. The van der Waals surface area contributed by atoms with E-state index in [1.54, 1.807) is 0 Å². The van der Waals surface area contributed by atoms with E-state index in [-0.39, 0.29) is 22.4 Å². The Bertz CT molecular complexity index is 745. The number of imide groups is 1. The minimum Gasteiger partial charge on any atom is -0.272 e. The first-order valence-electron chi connectivity index (χ1n) is 7.18. The second-order valence-electron chi connectivity index (χ2n) is 5.78. The first-order chi connectivity index (χ1) is 10.9. The third-order valence-electron chi connectivity index (χ3n) is 4.21. The number of benzene rings is 1.